The highest BCUT2D eigenvalue weighted by Gasteiger charge is 2.23. The monoisotopic (exact) mass is 332 g/mol. The number of ether oxygens (including phenoxy) is 2. The molecule has 2 aliphatic heterocycles. The molecule has 1 atom stereocenters. The highest BCUT2D eigenvalue weighted by atomic mass is 16.5. The summed E-state index contributed by atoms with van der Waals surface area (Å²) in [7, 11) is 0. The van der Waals surface area contributed by atoms with E-state index < -0.39 is 0 Å². The van der Waals surface area contributed by atoms with Gasteiger partial charge in [0.25, 0.3) is 0 Å². The lowest BCUT2D eigenvalue weighted by Crippen LogP contribution is -2.44. The minimum Gasteiger partial charge on any atom is -0.379 e. The summed E-state index contributed by atoms with van der Waals surface area (Å²) in [5, 5.41) is 0. The molecule has 4 heteroatoms. The Hall–Kier alpha value is -0.940. The van der Waals surface area contributed by atoms with Gasteiger partial charge in [-0.2, -0.15) is 0 Å². The predicted octanol–water partition coefficient (Wildman–Crippen LogP) is 2.78. The molecule has 0 radical (unpaired) electrons. The molecule has 2 fully saturated rings. The number of piperidine rings is 1. The summed E-state index contributed by atoms with van der Waals surface area (Å²) in [5.74, 6) is 0. The number of morpholine rings is 1. The lowest BCUT2D eigenvalue weighted by molar-refractivity contribution is 0.0262. The molecule has 1 aromatic carbocycles. The number of hydrogen-bond acceptors (Lipinski definition) is 4. The van der Waals surface area contributed by atoms with Crippen LogP contribution < -0.4 is 0 Å². The molecule has 134 valence electrons. The topological polar surface area (TPSA) is 24.9 Å². The normalized spacial score (nSPS) is 23.4. The van der Waals surface area contributed by atoms with Gasteiger partial charge < -0.3 is 9.47 Å². The highest BCUT2D eigenvalue weighted by molar-refractivity contribution is 5.13. The Bertz CT molecular complexity index is 448. The molecule has 2 heterocycles. The second kappa shape index (κ2) is 10.1. The standard InChI is InChI=1S/C20H32N2O2/c1-2-6-19(7-3-1)18-24-17-14-22-10-5-4-8-20(22)9-11-21-12-15-23-16-13-21/h1-3,6-7,20H,4-5,8-18H2. The van der Waals surface area contributed by atoms with Crippen LogP contribution in [-0.2, 0) is 16.1 Å². The van der Waals surface area contributed by atoms with Crippen LogP contribution in [0.2, 0.25) is 0 Å². The minimum atomic E-state index is 0.729. The van der Waals surface area contributed by atoms with Gasteiger partial charge in [0.1, 0.15) is 0 Å². The fourth-order valence-electron chi connectivity index (χ4n) is 3.78. The molecule has 0 spiro atoms. The molecule has 3 rings (SSSR count). The second-order valence-corrected chi connectivity index (χ2v) is 6.97. The Kier molecular flexibility index (Phi) is 7.55. The van der Waals surface area contributed by atoms with Crippen molar-refractivity contribution < 1.29 is 9.47 Å². The molecule has 0 amide bonds. The van der Waals surface area contributed by atoms with Crippen LogP contribution in [0.1, 0.15) is 31.2 Å². The first-order valence-electron chi connectivity index (χ1n) is 9.57. The second-order valence-electron chi connectivity index (χ2n) is 6.97. The Morgan fingerprint density at radius 3 is 2.67 bits per heavy atom. The smallest absolute Gasteiger partial charge is 0.0717 e. The van der Waals surface area contributed by atoms with Crippen LogP contribution in [0.25, 0.3) is 0 Å². The third kappa shape index (κ3) is 5.85. The van der Waals surface area contributed by atoms with Crippen molar-refractivity contribution in [2.75, 3.05) is 52.5 Å². The Morgan fingerprint density at radius 1 is 1.00 bits per heavy atom. The van der Waals surface area contributed by atoms with Crippen molar-refractivity contribution in [1.29, 1.82) is 0 Å². The van der Waals surface area contributed by atoms with Crippen LogP contribution >= 0.6 is 0 Å². The third-order valence-corrected chi connectivity index (χ3v) is 5.27. The van der Waals surface area contributed by atoms with Gasteiger partial charge in [-0.3, -0.25) is 9.80 Å². The van der Waals surface area contributed by atoms with Gasteiger partial charge >= 0.3 is 0 Å². The largest absolute Gasteiger partial charge is 0.379 e. The van der Waals surface area contributed by atoms with Gasteiger partial charge in [-0.1, -0.05) is 36.8 Å². The van der Waals surface area contributed by atoms with Gasteiger partial charge in [0.15, 0.2) is 0 Å². The Labute approximate surface area is 146 Å². The van der Waals surface area contributed by atoms with E-state index in [-0.39, 0.29) is 0 Å². The molecule has 0 aromatic heterocycles. The van der Waals surface area contributed by atoms with Gasteiger partial charge in [0.2, 0.25) is 0 Å². The summed E-state index contributed by atoms with van der Waals surface area (Å²) in [4.78, 5) is 5.22. The Balaban J connectivity index is 1.35. The molecule has 2 saturated heterocycles. The van der Waals surface area contributed by atoms with Crippen molar-refractivity contribution in [2.45, 2.75) is 38.3 Å². The van der Waals surface area contributed by atoms with Crippen LogP contribution in [0.15, 0.2) is 30.3 Å². The first-order chi connectivity index (χ1) is 11.9. The Morgan fingerprint density at radius 2 is 1.83 bits per heavy atom. The predicted molar refractivity (Wildman–Crippen MR) is 97.2 cm³/mol. The van der Waals surface area contributed by atoms with Crippen molar-refractivity contribution in [1.82, 2.24) is 9.80 Å². The molecule has 1 unspecified atom stereocenters. The first kappa shape index (κ1) is 17.9. The van der Waals surface area contributed by atoms with Gasteiger partial charge in [-0.05, 0) is 37.9 Å². The zero-order valence-corrected chi connectivity index (χ0v) is 14.9. The molecular weight excluding hydrogens is 300 g/mol. The van der Waals surface area contributed by atoms with E-state index in [4.69, 9.17) is 9.47 Å². The maximum atomic E-state index is 5.90. The summed E-state index contributed by atoms with van der Waals surface area (Å²) in [6.07, 6.45) is 5.36. The number of hydrogen-bond donors (Lipinski definition) is 0. The van der Waals surface area contributed by atoms with E-state index in [1.807, 2.05) is 0 Å². The van der Waals surface area contributed by atoms with E-state index in [9.17, 15) is 0 Å². The highest BCUT2D eigenvalue weighted by Crippen LogP contribution is 2.20. The molecule has 0 bridgehead atoms. The summed E-state index contributed by atoms with van der Waals surface area (Å²) >= 11 is 0. The van der Waals surface area contributed by atoms with Crippen molar-refractivity contribution in [3.05, 3.63) is 35.9 Å². The van der Waals surface area contributed by atoms with E-state index >= 15 is 0 Å². The number of rotatable bonds is 8. The summed E-state index contributed by atoms with van der Waals surface area (Å²) in [6.45, 7) is 9.11. The quantitative estimate of drug-likeness (QED) is 0.684. The van der Waals surface area contributed by atoms with Crippen molar-refractivity contribution in [3.63, 3.8) is 0 Å². The molecule has 0 N–H and O–H groups in total. The maximum absolute atomic E-state index is 5.90. The van der Waals surface area contributed by atoms with E-state index in [0.29, 0.717) is 0 Å². The van der Waals surface area contributed by atoms with Gasteiger partial charge in [0.05, 0.1) is 26.4 Å². The minimum absolute atomic E-state index is 0.729. The average Bonchev–Trinajstić information content (AvgIpc) is 2.66. The van der Waals surface area contributed by atoms with Gasteiger partial charge in [-0.25, -0.2) is 0 Å². The molecule has 0 saturated carbocycles. The van der Waals surface area contributed by atoms with Crippen molar-refractivity contribution in [2.24, 2.45) is 0 Å². The van der Waals surface area contributed by atoms with Crippen LogP contribution in [0.5, 0.6) is 0 Å². The number of nitrogens with zero attached hydrogens (tertiary/aromatic N) is 2. The molecule has 4 nitrogen and oxygen atoms in total. The van der Waals surface area contributed by atoms with Crippen LogP contribution in [0.3, 0.4) is 0 Å². The first-order valence-corrected chi connectivity index (χ1v) is 9.57. The van der Waals surface area contributed by atoms with Crippen molar-refractivity contribution in [3.8, 4) is 0 Å². The average molecular weight is 332 g/mol. The lowest BCUT2D eigenvalue weighted by Gasteiger charge is -2.37. The zero-order chi connectivity index (χ0) is 16.5. The molecule has 2 aliphatic rings. The van der Waals surface area contributed by atoms with E-state index in [2.05, 4.69) is 40.1 Å². The van der Waals surface area contributed by atoms with E-state index in [0.717, 1.165) is 52.1 Å². The van der Waals surface area contributed by atoms with Gasteiger partial charge in [-0.15, -0.1) is 0 Å². The third-order valence-electron chi connectivity index (χ3n) is 5.27. The molecular formula is C20H32N2O2. The maximum Gasteiger partial charge on any atom is 0.0717 e. The van der Waals surface area contributed by atoms with Crippen molar-refractivity contribution >= 4 is 0 Å². The fraction of sp³-hybridized carbons (Fsp3) is 0.700. The lowest BCUT2D eigenvalue weighted by atomic mass is 9.99. The SMILES string of the molecule is c1ccc(COCCN2CCCCC2CCN2CCOCC2)cc1. The summed E-state index contributed by atoms with van der Waals surface area (Å²) in [6, 6.07) is 11.2. The van der Waals surface area contributed by atoms with Gasteiger partial charge in [0, 0.05) is 25.7 Å². The van der Waals surface area contributed by atoms with E-state index in [1.54, 1.807) is 0 Å². The summed E-state index contributed by atoms with van der Waals surface area (Å²) < 4.78 is 11.3. The number of likely N-dealkylation sites (tertiary alicyclic amines) is 1. The van der Waals surface area contributed by atoms with Crippen LogP contribution in [-0.4, -0.2) is 68.4 Å². The zero-order valence-electron chi connectivity index (χ0n) is 14.9. The molecule has 1 aromatic rings. The molecule has 0 aliphatic carbocycles. The van der Waals surface area contributed by atoms with Crippen LogP contribution in [0.4, 0.5) is 0 Å². The summed E-state index contributed by atoms with van der Waals surface area (Å²) in [5.41, 5.74) is 1.26. The fourth-order valence-corrected chi connectivity index (χ4v) is 3.78. The van der Waals surface area contributed by atoms with Crippen LogP contribution in [0, 0.1) is 0 Å². The number of benzene rings is 1. The van der Waals surface area contributed by atoms with E-state index in [1.165, 1.54) is 44.3 Å². The molecule has 24 heavy (non-hydrogen) atoms.